The van der Waals surface area contributed by atoms with Crippen molar-refractivity contribution in [3.63, 3.8) is 0 Å². The predicted octanol–water partition coefficient (Wildman–Crippen LogP) is 5.46. The van der Waals surface area contributed by atoms with Crippen molar-refractivity contribution >= 4 is 29.3 Å². The predicted molar refractivity (Wildman–Crippen MR) is 157 cm³/mol. The summed E-state index contributed by atoms with van der Waals surface area (Å²) >= 11 is 6.61. The number of aryl methyl sites for hydroxylation is 1. The minimum absolute atomic E-state index is 0.0705. The van der Waals surface area contributed by atoms with E-state index in [9.17, 15) is 4.79 Å². The fourth-order valence-electron chi connectivity index (χ4n) is 6.50. The van der Waals surface area contributed by atoms with Crippen LogP contribution in [-0.4, -0.2) is 69.7 Å². The molecule has 2 aliphatic carbocycles. The lowest BCUT2D eigenvalue weighted by molar-refractivity contribution is 0.116. The van der Waals surface area contributed by atoms with E-state index in [1.165, 1.54) is 19.3 Å². The lowest BCUT2D eigenvalue weighted by Crippen LogP contribution is -2.54. The number of imidazole rings is 1. The van der Waals surface area contributed by atoms with E-state index in [0.29, 0.717) is 24.2 Å². The number of hydrogen-bond donors (Lipinski definition) is 1. The van der Waals surface area contributed by atoms with E-state index in [1.54, 1.807) is 13.4 Å². The monoisotopic (exact) mass is 560 g/mol. The van der Waals surface area contributed by atoms with E-state index in [2.05, 4.69) is 33.4 Å². The molecule has 40 heavy (non-hydrogen) atoms. The molecule has 3 aromatic rings. The number of aromatic nitrogens is 3. The molecule has 1 aromatic carbocycles. The van der Waals surface area contributed by atoms with Gasteiger partial charge in [-0.1, -0.05) is 43.0 Å². The highest BCUT2D eigenvalue weighted by atomic mass is 35.5. The van der Waals surface area contributed by atoms with Crippen LogP contribution in [0.4, 0.5) is 4.79 Å². The molecule has 1 saturated heterocycles. The number of fused-ring (bicyclic) bond motifs is 2. The maximum Gasteiger partial charge on any atom is 0.317 e. The van der Waals surface area contributed by atoms with Crippen molar-refractivity contribution in [1.82, 2.24) is 29.7 Å². The van der Waals surface area contributed by atoms with Gasteiger partial charge in [0.25, 0.3) is 0 Å². The van der Waals surface area contributed by atoms with Gasteiger partial charge in [0.05, 0.1) is 30.0 Å². The Kier molecular flexibility index (Phi) is 7.91. The molecule has 2 amide bonds. The Labute approximate surface area is 241 Å². The maximum atomic E-state index is 13.1. The van der Waals surface area contributed by atoms with Gasteiger partial charge < -0.3 is 19.5 Å². The number of nitrogens with one attached hydrogen (secondary N) is 1. The molecule has 8 nitrogen and oxygen atoms in total. The number of amides is 2. The number of urea groups is 1. The van der Waals surface area contributed by atoms with Crippen LogP contribution in [-0.2, 0) is 11.8 Å². The zero-order valence-corrected chi connectivity index (χ0v) is 24.0. The molecule has 0 bridgehead atoms. The summed E-state index contributed by atoms with van der Waals surface area (Å²) < 4.78 is 8.10. The first-order chi connectivity index (χ1) is 19.5. The van der Waals surface area contributed by atoms with E-state index < -0.39 is 0 Å². The molecule has 1 saturated carbocycles. The van der Waals surface area contributed by atoms with Crippen LogP contribution < -0.4 is 5.32 Å². The highest BCUT2D eigenvalue weighted by molar-refractivity contribution is 6.30. The molecule has 1 aliphatic heterocycles. The largest absolute Gasteiger partial charge is 0.370 e. The third-order valence-electron chi connectivity index (χ3n) is 8.60. The number of halogens is 1. The zero-order chi connectivity index (χ0) is 27.6. The third-order valence-corrected chi connectivity index (χ3v) is 8.84. The molecule has 1 N–H and O–H groups in total. The SMILES string of the molecule is COC(C1=Cc2cccnc2[C@@H](N2CCN(C(=O)NC3CCCCC3)CC2)c2ccc(Cl)cc21)c1cncn1C. The Bertz CT molecular complexity index is 1390. The van der Waals surface area contributed by atoms with Gasteiger partial charge in [0.1, 0.15) is 6.10 Å². The van der Waals surface area contributed by atoms with Crippen molar-refractivity contribution in [2.45, 2.75) is 50.3 Å². The summed E-state index contributed by atoms with van der Waals surface area (Å²) in [5.41, 5.74) is 6.21. The molecule has 1 unspecified atom stereocenters. The lowest BCUT2D eigenvalue weighted by Gasteiger charge is -2.40. The number of benzene rings is 1. The topological polar surface area (TPSA) is 75.5 Å². The number of hydrogen-bond acceptors (Lipinski definition) is 5. The molecule has 0 radical (unpaired) electrons. The first kappa shape index (κ1) is 27.0. The summed E-state index contributed by atoms with van der Waals surface area (Å²) in [6.07, 6.45) is 13.2. The van der Waals surface area contributed by atoms with Crippen LogP contribution in [0, 0.1) is 0 Å². The van der Waals surface area contributed by atoms with Crippen molar-refractivity contribution in [3.8, 4) is 0 Å². The van der Waals surface area contributed by atoms with E-state index in [-0.39, 0.29) is 18.2 Å². The quantitative estimate of drug-likeness (QED) is 0.448. The van der Waals surface area contributed by atoms with Crippen molar-refractivity contribution < 1.29 is 9.53 Å². The first-order valence-corrected chi connectivity index (χ1v) is 14.7. The molecule has 9 heteroatoms. The average molecular weight is 561 g/mol. The van der Waals surface area contributed by atoms with Crippen LogP contribution in [0.3, 0.4) is 0 Å². The Morgan fingerprint density at radius 2 is 1.93 bits per heavy atom. The second kappa shape index (κ2) is 11.7. The summed E-state index contributed by atoms with van der Waals surface area (Å²) in [4.78, 5) is 26.8. The molecule has 2 atom stereocenters. The summed E-state index contributed by atoms with van der Waals surface area (Å²) in [7, 11) is 3.71. The molecule has 2 aromatic heterocycles. The van der Waals surface area contributed by atoms with Crippen LogP contribution in [0.1, 0.15) is 72.3 Å². The third kappa shape index (κ3) is 5.28. The number of methoxy groups -OCH3 is 1. The minimum atomic E-state index is -0.336. The Morgan fingerprint density at radius 3 is 2.65 bits per heavy atom. The number of ether oxygens (including phenoxy) is 1. The van der Waals surface area contributed by atoms with Gasteiger partial charge in [-0.05, 0) is 59.4 Å². The maximum absolute atomic E-state index is 13.1. The normalized spacial score (nSPS) is 20.7. The van der Waals surface area contributed by atoms with Gasteiger partial charge in [-0.15, -0.1) is 0 Å². The second-order valence-electron chi connectivity index (χ2n) is 11.1. The summed E-state index contributed by atoms with van der Waals surface area (Å²) in [6.45, 7) is 2.86. The number of rotatable bonds is 5. The fraction of sp³-hybridized carbons (Fsp3) is 0.452. The highest BCUT2D eigenvalue weighted by Gasteiger charge is 2.36. The van der Waals surface area contributed by atoms with Crippen LogP contribution in [0.5, 0.6) is 0 Å². The molecule has 210 valence electrons. The summed E-state index contributed by atoms with van der Waals surface area (Å²) in [5, 5.41) is 3.96. The first-order valence-electron chi connectivity index (χ1n) is 14.3. The Balaban J connectivity index is 1.32. The number of pyridine rings is 1. The van der Waals surface area contributed by atoms with Gasteiger partial charge in [0, 0.05) is 57.6 Å². The molecule has 6 rings (SSSR count). The molecule has 3 aliphatic rings. The summed E-state index contributed by atoms with van der Waals surface area (Å²) in [6, 6.07) is 10.5. The van der Waals surface area contributed by atoms with Gasteiger partial charge in [-0.3, -0.25) is 9.88 Å². The van der Waals surface area contributed by atoms with E-state index in [4.69, 9.17) is 21.3 Å². The van der Waals surface area contributed by atoms with Crippen LogP contribution in [0.2, 0.25) is 5.02 Å². The van der Waals surface area contributed by atoms with Crippen molar-refractivity contribution in [3.05, 3.63) is 82.2 Å². The number of carbonyl (C=O) groups excluding carboxylic acids is 1. The van der Waals surface area contributed by atoms with E-state index >= 15 is 0 Å². The molecule has 0 spiro atoms. The standard InChI is InChI=1S/C31H37ClN6O2/c1-36-20-33-19-27(36)30(40-2)26-17-21-7-6-12-34-28(21)29(24-11-10-22(32)18-25(24)26)37-13-15-38(16-14-37)31(39)35-23-8-4-3-5-9-23/h6-7,10-12,17-20,23,29-30H,3-5,8-9,13-16H2,1-2H3,(H,35,39)/t29-,30?/m0/s1. The number of nitrogens with zero attached hydrogens (tertiary/aromatic N) is 5. The smallest absolute Gasteiger partial charge is 0.317 e. The lowest BCUT2D eigenvalue weighted by atomic mass is 9.91. The number of carbonyl (C=O) groups is 1. The van der Waals surface area contributed by atoms with Crippen molar-refractivity contribution in [2.75, 3.05) is 33.3 Å². The van der Waals surface area contributed by atoms with E-state index in [0.717, 1.165) is 59.6 Å². The highest BCUT2D eigenvalue weighted by Crippen LogP contribution is 2.45. The summed E-state index contributed by atoms with van der Waals surface area (Å²) in [5.74, 6) is 0. The fourth-order valence-corrected chi connectivity index (χ4v) is 6.67. The van der Waals surface area contributed by atoms with Gasteiger partial charge in [0.15, 0.2) is 0 Å². The minimum Gasteiger partial charge on any atom is -0.370 e. The van der Waals surface area contributed by atoms with Gasteiger partial charge in [-0.2, -0.15) is 0 Å². The van der Waals surface area contributed by atoms with E-state index in [1.807, 2.05) is 47.1 Å². The van der Waals surface area contributed by atoms with Gasteiger partial charge >= 0.3 is 6.03 Å². The van der Waals surface area contributed by atoms with Crippen molar-refractivity contribution in [2.24, 2.45) is 7.05 Å². The average Bonchev–Trinajstić information content (AvgIpc) is 3.34. The van der Waals surface area contributed by atoms with Gasteiger partial charge in [0.2, 0.25) is 0 Å². The molecular formula is C31H37ClN6O2. The Morgan fingerprint density at radius 1 is 1.12 bits per heavy atom. The zero-order valence-electron chi connectivity index (χ0n) is 23.2. The van der Waals surface area contributed by atoms with Crippen molar-refractivity contribution in [1.29, 1.82) is 0 Å². The van der Waals surface area contributed by atoms with Gasteiger partial charge in [-0.25, -0.2) is 9.78 Å². The Hall–Kier alpha value is -3.20. The molecular weight excluding hydrogens is 524 g/mol. The van der Waals surface area contributed by atoms with Crippen LogP contribution in [0.15, 0.2) is 49.1 Å². The second-order valence-corrected chi connectivity index (χ2v) is 11.5. The molecule has 3 heterocycles. The van der Waals surface area contributed by atoms with Crippen LogP contribution >= 0.6 is 11.6 Å². The number of piperazine rings is 1. The van der Waals surface area contributed by atoms with Crippen LogP contribution in [0.25, 0.3) is 11.6 Å². The molecule has 2 fully saturated rings.